The Labute approximate surface area is 200 Å². The van der Waals surface area contributed by atoms with Crippen molar-refractivity contribution in [3.05, 3.63) is 0 Å². The van der Waals surface area contributed by atoms with Crippen molar-refractivity contribution in [3.63, 3.8) is 0 Å². The molecule has 33 heavy (non-hydrogen) atoms. The molecule has 0 aromatic carbocycles. The molecule has 0 aliphatic carbocycles. The summed E-state index contributed by atoms with van der Waals surface area (Å²) in [6.07, 6.45) is 10.9. The number of hydrogen-bond acceptors (Lipinski definition) is 5. The third-order valence-electron chi connectivity index (χ3n) is 8.64. The molecule has 4 saturated heterocycles. The summed E-state index contributed by atoms with van der Waals surface area (Å²) in [6.45, 7) is 8.76. The van der Waals surface area contributed by atoms with E-state index in [4.69, 9.17) is 4.74 Å². The number of amides is 2. The van der Waals surface area contributed by atoms with Crippen LogP contribution in [0.25, 0.3) is 0 Å². The van der Waals surface area contributed by atoms with Crippen molar-refractivity contribution in [2.24, 2.45) is 11.8 Å². The molecule has 4 fully saturated rings. The van der Waals surface area contributed by atoms with Gasteiger partial charge in [0.25, 0.3) is 0 Å². The monoisotopic (exact) mass is 462 g/mol. The number of hydrogen-bond donors (Lipinski definition) is 1. The van der Waals surface area contributed by atoms with Crippen molar-refractivity contribution in [2.45, 2.75) is 89.3 Å². The van der Waals surface area contributed by atoms with E-state index in [-0.39, 0.29) is 11.8 Å². The summed E-state index contributed by atoms with van der Waals surface area (Å²) in [5.41, 5.74) is 0. The van der Waals surface area contributed by atoms with Crippen LogP contribution in [0.2, 0.25) is 0 Å². The SMILES string of the molecule is CC(=O)N1C[C@@H]2CCCN3CCC[C@@H]([C@H]23)[C@H]1CCCC(=O)NCCCOC1CCN(C)CC1. The average molecular weight is 463 g/mol. The fraction of sp³-hybridized carbons (Fsp3) is 0.923. The van der Waals surface area contributed by atoms with Crippen molar-refractivity contribution < 1.29 is 14.3 Å². The zero-order valence-electron chi connectivity index (χ0n) is 21.0. The molecule has 0 spiro atoms. The molecule has 0 unspecified atom stereocenters. The zero-order chi connectivity index (χ0) is 23.2. The van der Waals surface area contributed by atoms with Crippen LogP contribution in [0.1, 0.15) is 71.1 Å². The highest BCUT2D eigenvalue weighted by Crippen LogP contribution is 2.43. The van der Waals surface area contributed by atoms with Gasteiger partial charge >= 0.3 is 0 Å². The minimum atomic E-state index is 0.139. The summed E-state index contributed by atoms with van der Waals surface area (Å²) in [7, 11) is 2.16. The largest absolute Gasteiger partial charge is 0.378 e. The topological polar surface area (TPSA) is 65.1 Å². The smallest absolute Gasteiger partial charge is 0.219 e. The summed E-state index contributed by atoms with van der Waals surface area (Å²) in [5.74, 6) is 1.58. The maximum Gasteiger partial charge on any atom is 0.219 e. The Balaban J connectivity index is 1.16. The molecule has 4 rings (SSSR count). The molecule has 7 nitrogen and oxygen atoms in total. The summed E-state index contributed by atoms with van der Waals surface area (Å²) < 4.78 is 5.97. The summed E-state index contributed by atoms with van der Waals surface area (Å²) in [5, 5.41) is 3.07. The molecular weight excluding hydrogens is 416 g/mol. The van der Waals surface area contributed by atoms with Gasteiger partial charge in [-0.3, -0.25) is 14.5 Å². The van der Waals surface area contributed by atoms with Crippen LogP contribution in [-0.2, 0) is 14.3 Å². The molecule has 0 aromatic heterocycles. The van der Waals surface area contributed by atoms with E-state index in [2.05, 4.69) is 27.1 Å². The van der Waals surface area contributed by atoms with Gasteiger partial charge in [-0.05, 0) is 89.8 Å². The van der Waals surface area contributed by atoms with E-state index in [1.165, 1.54) is 38.8 Å². The normalized spacial score (nSPS) is 31.3. The van der Waals surface area contributed by atoms with Gasteiger partial charge in [-0.1, -0.05) is 0 Å². The predicted molar refractivity (Wildman–Crippen MR) is 130 cm³/mol. The van der Waals surface area contributed by atoms with E-state index in [9.17, 15) is 9.59 Å². The van der Waals surface area contributed by atoms with Crippen LogP contribution in [-0.4, -0.2) is 97.6 Å². The second-order valence-corrected chi connectivity index (χ2v) is 10.9. The molecule has 0 saturated carbocycles. The number of nitrogens with one attached hydrogen (secondary N) is 1. The fourth-order valence-corrected chi connectivity index (χ4v) is 6.99. The second-order valence-electron chi connectivity index (χ2n) is 10.9. The molecule has 0 radical (unpaired) electrons. The number of ether oxygens (including phenoxy) is 1. The summed E-state index contributed by atoms with van der Waals surface area (Å²) >= 11 is 0. The Kier molecular flexibility index (Phi) is 9.05. The molecular formula is C26H46N4O3. The van der Waals surface area contributed by atoms with Gasteiger partial charge in [0.05, 0.1) is 6.10 Å². The quantitative estimate of drug-likeness (QED) is 0.534. The summed E-state index contributed by atoms with van der Waals surface area (Å²) in [6, 6.07) is 0.965. The van der Waals surface area contributed by atoms with E-state index in [0.29, 0.717) is 43.0 Å². The lowest BCUT2D eigenvalue weighted by atomic mass is 9.69. The van der Waals surface area contributed by atoms with Crippen LogP contribution < -0.4 is 5.32 Å². The predicted octanol–water partition coefficient (Wildman–Crippen LogP) is 2.50. The Morgan fingerprint density at radius 2 is 1.76 bits per heavy atom. The number of nitrogens with zero attached hydrogens (tertiary/aromatic N) is 3. The van der Waals surface area contributed by atoms with Gasteiger partial charge in [-0.2, -0.15) is 0 Å². The molecule has 1 N–H and O–H groups in total. The van der Waals surface area contributed by atoms with Crippen LogP contribution in [0.5, 0.6) is 0 Å². The molecule has 188 valence electrons. The Morgan fingerprint density at radius 3 is 2.52 bits per heavy atom. The maximum absolute atomic E-state index is 12.5. The van der Waals surface area contributed by atoms with Crippen molar-refractivity contribution in [3.8, 4) is 0 Å². The minimum Gasteiger partial charge on any atom is -0.378 e. The number of likely N-dealkylation sites (tertiary alicyclic amines) is 2. The van der Waals surface area contributed by atoms with E-state index < -0.39 is 0 Å². The first-order chi connectivity index (χ1) is 16.0. The summed E-state index contributed by atoms with van der Waals surface area (Å²) in [4.78, 5) is 32.1. The van der Waals surface area contributed by atoms with Crippen LogP contribution in [0.3, 0.4) is 0 Å². The molecule has 2 amide bonds. The first-order valence-electron chi connectivity index (χ1n) is 13.6. The van der Waals surface area contributed by atoms with E-state index in [1.807, 2.05) is 0 Å². The Hall–Kier alpha value is -1.18. The average Bonchev–Trinajstić information content (AvgIpc) is 2.81. The van der Waals surface area contributed by atoms with Crippen molar-refractivity contribution in [1.29, 1.82) is 0 Å². The van der Waals surface area contributed by atoms with Gasteiger partial charge in [0.1, 0.15) is 0 Å². The van der Waals surface area contributed by atoms with Gasteiger partial charge in [-0.25, -0.2) is 0 Å². The van der Waals surface area contributed by atoms with Gasteiger partial charge in [0, 0.05) is 58.2 Å². The molecule has 4 atom stereocenters. The fourth-order valence-electron chi connectivity index (χ4n) is 6.99. The molecule has 0 aromatic rings. The van der Waals surface area contributed by atoms with E-state index in [1.54, 1.807) is 6.92 Å². The first-order valence-corrected chi connectivity index (χ1v) is 13.6. The first kappa shape index (κ1) is 24.9. The lowest BCUT2D eigenvalue weighted by Crippen LogP contribution is -2.65. The van der Waals surface area contributed by atoms with Crippen LogP contribution >= 0.6 is 0 Å². The zero-order valence-corrected chi connectivity index (χ0v) is 21.0. The molecule has 4 aliphatic rings. The van der Waals surface area contributed by atoms with Crippen molar-refractivity contribution >= 4 is 11.8 Å². The van der Waals surface area contributed by atoms with E-state index in [0.717, 1.165) is 58.3 Å². The minimum absolute atomic E-state index is 0.139. The van der Waals surface area contributed by atoms with Crippen molar-refractivity contribution in [1.82, 2.24) is 20.0 Å². The second kappa shape index (κ2) is 12.0. The van der Waals surface area contributed by atoms with Gasteiger partial charge in [0.15, 0.2) is 0 Å². The third-order valence-corrected chi connectivity index (χ3v) is 8.64. The lowest BCUT2D eigenvalue weighted by Gasteiger charge is -2.57. The number of carbonyl (C=O) groups is 2. The molecule has 7 heteroatoms. The number of carbonyl (C=O) groups excluding carboxylic acids is 2. The maximum atomic E-state index is 12.5. The van der Waals surface area contributed by atoms with Crippen LogP contribution in [0.15, 0.2) is 0 Å². The Morgan fingerprint density at radius 1 is 1.00 bits per heavy atom. The molecule has 4 heterocycles. The van der Waals surface area contributed by atoms with E-state index >= 15 is 0 Å². The highest BCUT2D eigenvalue weighted by atomic mass is 16.5. The molecule has 0 bridgehead atoms. The van der Waals surface area contributed by atoms with Gasteiger partial charge in [0.2, 0.25) is 11.8 Å². The standard InChI is InChI=1S/C26H46N4O3/c1-20(31)30-19-21-7-4-14-29-15-5-8-23(26(21)29)24(30)9-3-10-25(32)27-13-6-18-33-22-11-16-28(2)17-12-22/h21-24,26H,3-19H2,1-2H3,(H,27,32)/t21-,23+,24+,26-/m0/s1. The Bertz CT molecular complexity index is 649. The van der Waals surface area contributed by atoms with Crippen LogP contribution in [0.4, 0.5) is 0 Å². The number of rotatable bonds is 9. The van der Waals surface area contributed by atoms with Crippen LogP contribution in [0, 0.1) is 11.8 Å². The van der Waals surface area contributed by atoms with Crippen molar-refractivity contribution in [2.75, 3.05) is 52.9 Å². The third kappa shape index (κ3) is 6.49. The van der Waals surface area contributed by atoms with Gasteiger partial charge in [-0.15, -0.1) is 0 Å². The number of piperidine rings is 4. The van der Waals surface area contributed by atoms with Gasteiger partial charge < -0.3 is 19.9 Å². The highest BCUT2D eigenvalue weighted by molar-refractivity contribution is 5.76. The highest BCUT2D eigenvalue weighted by Gasteiger charge is 2.48. The lowest BCUT2D eigenvalue weighted by molar-refractivity contribution is -0.144. The molecule has 4 aliphatic heterocycles.